The van der Waals surface area contributed by atoms with Gasteiger partial charge < -0.3 is 19.5 Å². The molecule has 0 unspecified atom stereocenters. The van der Waals surface area contributed by atoms with Gasteiger partial charge >= 0.3 is 0 Å². The molecule has 0 radical (unpaired) electrons. The molecule has 1 amide bonds. The number of amides is 1. The molecule has 9 heteroatoms. The molecule has 0 aromatic heterocycles. The van der Waals surface area contributed by atoms with Crippen molar-refractivity contribution in [1.82, 2.24) is 5.32 Å². The molecule has 186 valence electrons. The number of carbonyl (C=O) groups is 1. The summed E-state index contributed by atoms with van der Waals surface area (Å²) in [6.45, 7) is 1.88. The van der Waals surface area contributed by atoms with Crippen molar-refractivity contribution in [3.8, 4) is 17.2 Å². The van der Waals surface area contributed by atoms with Gasteiger partial charge in [-0.25, -0.2) is 8.42 Å². The van der Waals surface area contributed by atoms with Gasteiger partial charge in [0.25, 0.3) is 10.0 Å². The number of rotatable bonds is 11. The Morgan fingerprint density at radius 3 is 2.11 bits per heavy atom. The average molecular weight is 499 g/mol. The number of carbonyl (C=O) groups excluding carboxylic acids is 1. The van der Waals surface area contributed by atoms with Gasteiger partial charge in [0, 0.05) is 6.54 Å². The van der Waals surface area contributed by atoms with Crippen LogP contribution < -0.4 is 23.8 Å². The first-order chi connectivity index (χ1) is 16.8. The zero-order valence-corrected chi connectivity index (χ0v) is 21.1. The predicted molar refractivity (Wildman–Crippen MR) is 135 cm³/mol. The highest BCUT2D eigenvalue weighted by atomic mass is 32.2. The highest BCUT2D eigenvalue weighted by molar-refractivity contribution is 7.92. The molecule has 0 atom stereocenters. The molecular formula is C26H30N2O6S. The lowest BCUT2D eigenvalue weighted by atomic mass is 10.1. The maximum atomic E-state index is 13.5. The van der Waals surface area contributed by atoms with Crippen LogP contribution in [0.15, 0.2) is 71.6 Å². The zero-order valence-electron chi connectivity index (χ0n) is 20.3. The third kappa shape index (κ3) is 6.45. The quantitative estimate of drug-likeness (QED) is 0.434. The summed E-state index contributed by atoms with van der Waals surface area (Å²) in [6.07, 6.45) is 0.544. The van der Waals surface area contributed by atoms with E-state index in [0.717, 1.165) is 15.4 Å². The smallest absolute Gasteiger partial charge is 0.264 e. The van der Waals surface area contributed by atoms with Crippen LogP contribution in [-0.2, 0) is 21.2 Å². The van der Waals surface area contributed by atoms with Crippen molar-refractivity contribution < 1.29 is 27.4 Å². The van der Waals surface area contributed by atoms with E-state index in [2.05, 4.69) is 5.32 Å². The second kappa shape index (κ2) is 11.6. The molecule has 0 fully saturated rings. The largest absolute Gasteiger partial charge is 0.497 e. The number of sulfonamides is 1. The number of aryl methyl sites for hydroxylation is 1. The monoisotopic (exact) mass is 498 g/mol. The van der Waals surface area contributed by atoms with Crippen molar-refractivity contribution in [1.29, 1.82) is 0 Å². The van der Waals surface area contributed by atoms with Crippen LogP contribution in [0.2, 0.25) is 0 Å². The zero-order chi connectivity index (χ0) is 25.4. The minimum Gasteiger partial charge on any atom is -0.497 e. The predicted octanol–water partition coefficient (Wildman–Crippen LogP) is 3.58. The molecule has 3 rings (SSSR count). The number of benzene rings is 3. The fourth-order valence-electron chi connectivity index (χ4n) is 3.47. The Hall–Kier alpha value is -3.72. The molecule has 1 N–H and O–H groups in total. The Balaban J connectivity index is 1.75. The second-order valence-electron chi connectivity index (χ2n) is 7.81. The lowest BCUT2D eigenvalue weighted by molar-refractivity contribution is -0.119. The Bertz CT molecular complexity index is 1240. The van der Waals surface area contributed by atoms with E-state index in [1.807, 2.05) is 19.1 Å². The van der Waals surface area contributed by atoms with Gasteiger partial charge in [0.05, 0.1) is 31.9 Å². The van der Waals surface area contributed by atoms with Crippen molar-refractivity contribution in [3.63, 3.8) is 0 Å². The number of hydrogen-bond acceptors (Lipinski definition) is 6. The van der Waals surface area contributed by atoms with Crippen LogP contribution in [0.4, 0.5) is 5.69 Å². The lowest BCUT2D eigenvalue weighted by Crippen LogP contribution is -2.41. The summed E-state index contributed by atoms with van der Waals surface area (Å²) in [4.78, 5) is 12.9. The van der Waals surface area contributed by atoms with Gasteiger partial charge in [-0.05, 0) is 67.4 Å². The van der Waals surface area contributed by atoms with Crippen molar-refractivity contribution in [3.05, 3.63) is 77.9 Å². The summed E-state index contributed by atoms with van der Waals surface area (Å²) in [5, 5.41) is 2.81. The van der Waals surface area contributed by atoms with E-state index in [1.165, 1.54) is 19.2 Å². The second-order valence-corrected chi connectivity index (χ2v) is 9.67. The van der Waals surface area contributed by atoms with Gasteiger partial charge in [-0.3, -0.25) is 9.10 Å². The van der Waals surface area contributed by atoms with Crippen molar-refractivity contribution >= 4 is 21.6 Å². The Morgan fingerprint density at radius 1 is 0.857 bits per heavy atom. The van der Waals surface area contributed by atoms with E-state index in [1.54, 1.807) is 56.7 Å². The fraction of sp³-hybridized carbons (Fsp3) is 0.269. The molecule has 0 aliphatic heterocycles. The summed E-state index contributed by atoms with van der Waals surface area (Å²) >= 11 is 0. The van der Waals surface area contributed by atoms with Gasteiger partial charge in [0.1, 0.15) is 12.3 Å². The topological polar surface area (TPSA) is 94.2 Å². The first kappa shape index (κ1) is 25.9. The van der Waals surface area contributed by atoms with Crippen LogP contribution in [0.5, 0.6) is 17.2 Å². The first-order valence-electron chi connectivity index (χ1n) is 11.0. The minimum atomic E-state index is -3.99. The maximum absolute atomic E-state index is 13.5. The van der Waals surface area contributed by atoms with Crippen molar-refractivity contribution in [2.45, 2.75) is 18.2 Å². The van der Waals surface area contributed by atoms with Gasteiger partial charge in [-0.1, -0.05) is 23.8 Å². The number of methoxy groups -OCH3 is 3. The summed E-state index contributed by atoms with van der Waals surface area (Å²) in [5.41, 5.74) is 2.33. The maximum Gasteiger partial charge on any atom is 0.264 e. The molecule has 0 saturated carbocycles. The van der Waals surface area contributed by atoms with Gasteiger partial charge in [-0.15, -0.1) is 0 Å². The Morgan fingerprint density at radius 2 is 1.51 bits per heavy atom. The molecule has 8 nitrogen and oxygen atoms in total. The standard InChI is InChI=1S/C26H30N2O6S/c1-19-5-8-21(9-6-19)28(35(30,31)23-12-10-22(32-2)11-13-23)18-26(29)27-16-15-20-7-14-24(33-3)25(17-20)34-4/h5-14,17H,15-16,18H2,1-4H3,(H,27,29). The Kier molecular flexibility index (Phi) is 8.59. The number of nitrogens with zero attached hydrogens (tertiary/aromatic N) is 1. The fourth-order valence-corrected chi connectivity index (χ4v) is 4.89. The van der Waals surface area contributed by atoms with Crippen LogP contribution >= 0.6 is 0 Å². The molecule has 3 aromatic rings. The van der Waals surface area contributed by atoms with E-state index in [0.29, 0.717) is 35.9 Å². The highest BCUT2D eigenvalue weighted by Crippen LogP contribution is 2.28. The number of anilines is 1. The SMILES string of the molecule is COc1ccc(S(=O)(=O)N(CC(=O)NCCc2ccc(OC)c(OC)c2)c2ccc(C)cc2)cc1. The summed E-state index contributed by atoms with van der Waals surface area (Å²) in [5.74, 6) is 1.35. The van der Waals surface area contributed by atoms with Gasteiger partial charge in [-0.2, -0.15) is 0 Å². The van der Waals surface area contributed by atoms with Crippen LogP contribution in [0, 0.1) is 6.92 Å². The molecular weight excluding hydrogens is 468 g/mol. The van der Waals surface area contributed by atoms with Crippen LogP contribution in [0.1, 0.15) is 11.1 Å². The lowest BCUT2D eigenvalue weighted by Gasteiger charge is -2.24. The third-order valence-corrected chi connectivity index (χ3v) is 7.23. The molecule has 0 spiro atoms. The van der Waals surface area contributed by atoms with E-state index in [9.17, 15) is 13.2 Å². The summed E-state index contributed by atoms with van der Waals surface area (Å²) in [6, 6.07) is 18.6. The van der Waals surface area contributed by atoms with E-state index in [4.69, 9.17) is 14.2 Å². The Labute approximate surface area is 206 Å². The molecule has 0 aliphatic rings. The first-order valence-corrected chi connectivity index (χ1v) is 12.4. The van der Waals surface area contributed by atoms with Crippen LogP contribution in [0.3, 0.4) is 0 Å². The molecule has 3 aromatic carbocycles. The van der Waals surface area contributed by atoms with E-state index >= 15 is 0 Å². The van der Waals surface area contributed by atoms with E-state index in [-0.39, 0.29) is 11.4 Å². The van der Waals surface area contributed by atoms with Crippen LogP contribution in [0.25, 0.3) is 0 Å². The van der Waals surface area contributed by atoms with Gasteiger partial charge in [0.2, 0.25) is 5.91 Å². The van der Waals surface area contributed by atoms with Gasteiger partial charge in [0.15, 0.2) is 11.5 Å². The highest BCUT2D eigenvalue weighted by Gasteiger charge is 2.27. The molecule has 35 heavy (non-hydrogen) atoms. The minimum absolute atomic E-state index is 0.0667. The van der Waals surface area contributed by atoms with E-state index < -0.39 is 15.9 Å². The summed E-state index contributed by atoms with van der Waals surface area (Å²) < 4.78 is 43.7. The number of ether oxygens (including phenoxy) is 3. The van der Waals surface area contributed by atoms with Crippen molar-refractivity contribution in [2.24, 2.45) is 0 Å². The molecule has 0 aliphatic carbocycles. The average Bonchev–Trinajstić information content (AvgIpc) is 2.87. The third-order valence-electron chi connectivity index (χ3n) is 5.44. The van der Waals surface area contributed by atoms with Crippen molar-refractivity contribution in [2.75, 3.05) is 38.7 Å². The molecule has 0 heterocycles. The molecule has 0 bridgehead atoms. The number of nitrogens with one attached hydrogen (secondary N) is 1. The summed E-state index contributed by atoms with van der Waals surface area (Å²) in [7, 11) is 0.643. The molecule has 0 saturated heterocycles. The number of hydrogen-bond donors (Lipinski definition) is 1. The van der Waals surface area contributed by atoms with Crippen LogP contribution in [-0.4, -0.2) is 48.7 Å². The normalized spacial score (nSPS) is 11.0.